The fourth-order valence-corrected chi connectivity index (χ4v) is 1.57. The van der Waals surface area contributed by atoms with Crippen LogP contribution >= 0.6 is 0 Å². The molecule has 0 aliphatic carbocycles. The van der Waals surface area contributed by atoms with Crippen molar-refractivity contribution in [2.24, 2.45) is 5.73 Å². The van der Waals surface area contributed by atoms with Crippen molar-refractivity contribution in [1.82, 2.24) is 0 Å². The number of methoxy groups -OCH3 is 1. The molecule has 0 fully saturated rings. The molecule has 19 heavy (non-hydrogen) atoms. The lowest BCUT2D eigenvalue weighted by Crippen LogP contribution is -2.35. The Labute approximate surface area is 110 Å². The Morgan fingerprint density at radius 2 is 2.16 bits per heavy atom. The van der Waals surface area contributed by atoms with Crippen molar-refractivity contribution >= 4 is 17.6 Å². The molecule has 1 aromatic rings. The molecule has 5 nitrogen and oxygen atoms in total. The number of halogens is 1. The number of carbonyl (C=O) groups excluding carboxylic acids is 2. The molecule has 0 bridgehead atoms. The van der Waals surface area contributed by atoms with Crippen LogP contribution in [0.1, 0.15) is 30.1 Å². The van der Waals surface area contributed by atoms with Gasteiger partial charge in [0.1, 0.15) is 5.82 Å². The molecular weight excluding hydrogens is 251 g/mol. The summed E-state index contributed by atoms with van der Waals surface area (Å²) in [4.78, 5) is 23.3. The number of anilines is 1. The highest BCUT2D eigenvalue weighted by Crippen LogP contribution is 2.18. The van der Waals surface area contributed by atoms with Crippen LogP contribution in [0.4, 0.5) is 10.1 Å². The molecular formula is C13H17FN2O3. The van der Waals surface area contributed by atoms with E-state index < -0.39 is 23.7 Å². The van der Waals surface area contributed by atoms with Crippen LogP contribution in [0.5, 0.6) is 0 Å². The molecule has 0 saturated heterocycles. The largest absolute Gasteiger partial charge is 0.465 e. The van der Waals surface area contributed by atoms with Gasteiger partial charge in [-0.05, 0) is 24.6 Å². The lowest BCUT2D eigenvalue weighted by atomic mass is 10.1. The molecule has 104 valence electrons. The molecule has 1 unspecified atom stereocenters. The van der Waals surface area contributed by atoms with Crippen molar-refractivity contribution in [1.29, 1.82) is 0 Å². The van der Waals surface area contributed by atoms with E-state index in [1.165, 1.54) is 13.2 Å². The molecule has 0 heterocycles. The summed E-state index contributed by atoms with van der Waals surface area (Å²) >= 11 is 0. The van der Waals surface area contributed by atoms with Crippen molar-refractivity contribution in [2.75, 3.05) is 12.4 Å². The number of benzene rings is 1. The summed E-state index contributed by atoms with van der Waals surface area (Å²) in [7, 11) is 1.18. The lowest BCUT2D eigenvalue weighted by molar-refractivity contribution is -0.117. The Hall–Kier alpha value is -1.95. The van der Waals surface area contributed by atoms with E-state index in [0.717, 1.165) is 18.6 Å². The lowest BCUT2D eigenvalue weighted by Gasteiger charge is -2.13. The monoisotopic (exact) mass is 268 g/mol. The molecule has 0 aliphatic heterocycles. The first-order chi connectivity index (χ1) is 8.99. The predicted octanol–water partition coefficient (Wildman–Crippen LogP) is 1.68. The molecule has 0 spiro atoms. The third-order valence-corrected chi connectivity index (χ3v) is 2.58. The van der Waals surface area contributed by atoms with Crippen LogP contribution < -0.4 is 11.1 Å². The number of hydrogen-bond acceptors (Lipinski definition) is 4. The number of nitrogens with two attached hydrogens (primary N) is 1. The minimum atomic E-state index is -0.723. The second kappa shape index (κ2) is 6.84. The van der Waals surface area contributed by atoms with E-state index in [1.54, 1.807) is 0 Å². The van der Waals surface area contributed by atoms with Crippen molar-refractivity contribution in [3.63, 3.8) is 0 Å². The van der Waals surface area contributed by atoms with Crippen molar-refractivity contribution in [3.05, 3.63) is 29.6 Å². The van der Waals surface area contributed by atoms with E-state index in [2.05, 4.69) is 10.1 Å². The van der Waals surface area contributed by atoms with Gasteiger partial charge in [-0.25, -0.2) is 9.18 Å². The van der Waals surface area contributed by atoms with Crippen LogP contribution in [-0.4, -0.2) is 25.0 Å². The first-order valence-electron chi connectivity index (χ1n) is 5.94. The van der Waals surface area contributed by atoms with Gasteiger partial charge in [0, 0.05) is 0 Å². The van der Waals surface area contributed by atoms with Crippen LogP contribution in [0.15, 0.2) is 18.2 Å². The maximum absolute atomic E-state index is 13.1. The zero-order valence-electron chi connectivity index (χ0n) is 10.9. The number of amides is 1. The molecule has 1 amide bonds. The number of hydrogen-bond donors (Lipinski definition) is 2. The Balaban J connectivity index is 2.94. The Morgan fingerprint density at radius 3 is 2.74 bits per heavy atom. The molecule has 0 aliphatic rings. The van der Waals surface area contributed by atoms with E-state index in [4.69, 9.17) is 5.73 Å². The molecule has 1 aromatic carbocycles. The molecule has 3 N–H and O–H groups in total. The minimum absolute atomic E-state index is 0.0421. The standard InChI is InChI=1S/C13H17FN2O3/c1-3-4-10(15)12(17)16-11-6-5-8(14)7-9(11)13(18)19-2/h5-7,10H,3-4,15H2,1-2H3,(H,16,17). The highest BCUT2D eigenvalue weighted by molar-refractivity contribution is 6.02. The maximum Gasteiger partial charge on any atom is 0.340 e. The van der Waals surface area contributed by atoms with Crippen LogP contribution in [-0.2, 0) is 9.53 Å². The van der Waals surface area contributed by atoms with Crippen LogP contribution in [0.25, 0.3) is 0 Å². The van der Waals surface area contributed by atoms with E-state index in [9.17, 15) is 14.0 Å². The maximum atomic E-state index is 13.1. The average Bonchev–Trinajstić information content (AvgIpc) is 2.40. The predicted molar refractivity (Wildman–Crippen MR) is 69.3 cm³/mol. The van der Waals surface area contributed by atoms with E-state index in [1.807, 2.05) is 6.92 Å². The van der Waals surface area contributed by atoms with E-state index >= 15 is 0 Å². The first kappa shape index (κ1) is 15.1. The molecule has 0 saturated carbocycles. The summed E-state index contributed by atoms with van der Waals surface area (Å²) in [5.74, 6) is -1.73. The zero-order valence-corrected chi connectivity index (χ0v) is 10.9. The van der Waals surface area contributed by atoms with Gasteiger partial charge < -0.3 is 15.8 Å². The van der Waals surface area contributed by atoms with Gasteiger partial charge in [-0.2, -0.15) is 0 Å². The van der Waals surface area contributed by atoms with Gasteiger partial charge in [-0.1, -0.05) is 13.3 Å². The van der Waals surface area contributed by atoms with Crippen molar-refractivity contribution in [2.45, 2.75) is 25.8 Å². The Kier molecular flexibility index (Phi) is 5.44. The smallest absolute Gasteiger partial charge is 0.340 e. The van der Waals surface area contributed by atoms with Gasteiger partial charge >= 0.3 is 5.97 Å². The van der Waals surface area contributed by atoms with Gasteiger partial charge in [-0.3, -0.25) is 4.79 Å². The summed E-state index contributed by atoms with van der Waals surface area (Å²) in [5, 5.41) is 2.51. The number of rotatable bonds is 5. The number of esters is 1. The quantitative estimate of drug-likeness (QED) is 0.796. The number of nitrogens with one attached hydrogen (secondary N) is 1. The summed E-state index contributed by atoms with van der Waals surface area (Å²) in [5.41, 5.74) is 5.80. The van der Waals surface area contributed by atoms with Crippen LogP contribution in [0, 0.1) is 5.82 Å². The topological polar surface area (TPSA) is 81.4 Å². The van der Waals surface area contributed by atoms with E-state index in [-0.39, 0.29) is 11.3 Å². The summed E-state index contributed by atoms with van der Waals surface area (Å²) in [6.45, 7) is 1.91. The van der Waals surface area contributed by atoms with Crippen LogP contribution in [0.3, 0.4) is 0 Å². The van der Waals surface area contributed by atoms with Crippen molar-refractivity contribution in [3.8, 4) is 0 Å². The number of ether oxygens (including phenoxy) is 1. The fourth-order valence-electron chi connectivity index (χ4n) is 1.57. The highest BCUT2D eigenvalue weighted by Gasteiger charge is 2.18. The SMILES string of the molecule is CCCC(N)C(=O)Nc1ccc(F)cc1C(=O)OC. The van der Waals surface area contributed by atoms with Gasteiger partial charge in [0.25, 0.3) is 0 Å². The van der Waals surface area contributed by atoms with Crippen LogP contribution in [0.2, 0.25) is 0 Å². The zero-order chi connectivity index (χ0) is 14.4. The second-order valence-corrected chi connectivity index (χ2v) is 4.07. The van der Waals surface area contributed by atoms with Gasteiger partial charge in [0.05, 0.1) is 24.4 Å². The summed E-state index contributed by atoms with van der Waals surface area (Å²) < 4.78 is 17.6. The van der Waals surface area contributed by atoms with Gasteiger partial charge in [0.15, 0.2) is 0 Å². The fraction of sp³-hybridized carbons (Fsp3) is 0.385. The van der Waals surface area contributed by atoms with E-state index in [0.29, 0.717) is 6.42 Å². The average molecular weight is 268 g/mol. The Morgan fingerprint density at radius 1 is 1.47 bits per heavy atom. The normalized spacial score (nSPS) is 11.8. The molecule has 1 rings (SSSR count). The molecule has 6 heteroatoms. The van der Waals surface area contributed by atoms with Gasteiger partial charge in [-0.15, -0.1) is 0 Å². The summed E-state index contributed by atoms with van der Waals surface area (Å²) in [6.07, 6.45) is 1.29. The van der Waals surface area contributed by atoms with Crippen molar-refractivity contribution < 1.29 is 18.7 Å². The number of carbonyl (C=O) groups is 2. The molecule has 0 aromatic heterocycles. The van der Waals surface area contributed by atoms with Gasteiger partial charge in [0.2, 0.25) is 5.91 Å². The molecule has 0 radical (unpaired) electrons. The minimum Gasteiger partial charge on any atom is -0.465 e. The molecule has 1 atom stereocenters. The first-order valence-corrected chi connectivity index (χ1v) is 5.94. The second-order valence-electron chi connectivity index (χ2n) is 4.07. The Bertz CT molecular complexity index is 477. The third kappa shape index (κ3) is 4.03. The summed E-state index contributed by atoms with van der Waals surface area (Å²) in [6, 6.07) is 2.79. The highest BCUT2D eigenvalue weighted by atomic mass is 19.1. The third-order valence-electron chi connectivity index (χ3n) is 2.58.